The molecule has 4 rings (SSSR count). The number of carbonyl (C=O) groups is 1. The van der Waals surface area contributed by atoms with Crippen LogP contribution in [0.3, 0.4) is 0 Å². The molecule has 1 aliphatic heterocycles. The Labute approximate surface area is 185 Å². The summed E-state index contributed by atoms with van der Waals surface area (Å²) in [5, 5.41) is 6.36. The second-order valence-electron chi connectivity index (χ2n) is 7.68. The number of likely N-dealkylation sites (tertiary alicyclic amines) is 1. The summed E-state index contributed by atoms with van der Waals surface area (Å²) in [5.74, 6) is 1.39. The molecule has 3 heterocycles. The third-order valence-corrected chi connectivity index (χ3v) is 7.59. The number of nitrogens with one attached hydrogen (secondary N) is 1. The highest BCUT2D eigenvalue weighted by Crippen LogP contribution is 2.35. The van der Waals surface area contributed by atoms with Crippen molar-refractivity contribution in [2.45, 2.75) is 49.3 Å². The highest BCUT2D eigenvalue weighted by Gasteiger charge is 2.23. The second-order valence-corrected chi connectivity index (χ2v) is 9.62. The van der Waals surface area contributed by atoms with Crippen molar-refractivity contribution in [2.75, 3.05) is 18.4 Å². The zero-order valence-corrected chi connectivity index (χ0v) is 19.1. The van der Waals surface area contributed by atoms with Gasteiger partial charge in [-0.1, -0.05) is 30.0 Å². The molecule has 7 heteroatoms. The molecule has 0 spiro atoms. The van der Waals surface area contributed by atoms with E-state index in [2.05, 4.69) is 53.8 Å². The summed E-state index contributed by atoms with van der Waals surface area (Å²) in [6, 6.07) is 10.5. The van der Waals surface area contributed by atoms with Crippen LogP contribution in [0.1, 0.15) is 42.5 Å². The Morgan fingerprint density at radius 1 is 1.20 bits per heavy atom. The van der Waals surface area contributed by atoms with Gasteiger partial charge in [-0.05, 0) is 49.9 Å². The number of aromatic nitrogens is 2. The van der Waals surface area contributed by atoms with Crippen LogP contribution in [-0.4, -0.2) is 33.9 Å². The van der Waals surface area contributed by atoms with E-state index in [4.69, 9.17) is 4.98 Å². The fraction of sp³-hybridized carbons (Fsp3) is 0.348. The monoisotopic (exact) mass is 438 g/mol. The summed E-state index contributed by atoms with van der Waals surface area (Å²) in [5.41, 5.74) is 3.69. The van der Waals surface area contributed by atoms with Gasteiger partial charge < -0.3 is 10.2 Å². The fourth-order valence-corrected chi connectivity index (χ4v) is 5.54. The van der Waals surface area contributed by atoms with Crippen LogP contribution >= 0.6 is 23.1 Å². The molecule has 1 N–H and O–H groups in total. The first-order valence-electron chi connectivity index (χ1n) is 10.2. The predicted octanol–water partition coefficient (Wildman–Crippen LogP) is 5.78. The van der Waals surface area contributed by atoms with Crippen LogP contribution in [0.25, 0.3) is 0 Å². The SMILES string of the molecule is CC(=O)N1CCC(c2csc(Nc3cc(Sc4c(C)cccc4C)ccn3)n2)CC1. The smallest absolute Gasteiger partial charge is 0.219 e. The number of hydrogen-bond acceptors (Lipinski definition) is 6. The van der Waals surface area contributed by atoms with E-state index in [0.29, 0.717) is 5.92 Å². The summed E-state index contributed by atoms with van der Waals surface area (Å²) >= 11 is 3.38. The molecule has 0 bridgehead atoms. The van der Waals surface area contributed by atoms with Crippen molar-refractivity contribution in [3.8, 4) is 0 Å². The minimum absolute atomic E-state index is 0.166. The van der Waals surface area contributed by atoms with Gasteiger partial charge in [-0.25, -0.2) is 9.97 Å². The molecule has 1 aliphatic rings. The van der Waals surface area contributed by atoms with Crippen LogP contribution in [0.15, 0.2) is 51.7 Å². The van der Waals surface area contributed by atoms with Gasteiger partial charge in [0.25, 0.3) is 0 Å². The summed E-state index contributed by atoms with van der Waals surface area (Å²) in [4.78, 5) is 25.2. The maximum Gasteiger partial charge on any atom is 0.219 e. The summed E-state index contributed by atoms with van der Waals surface area (Å²) in [7, 11) is 0. The molecule has 5 nitrogen and oxygen atoms in total. The third kappa shape index (κ3) is 4.84. The predicted molar refractivity (Wildman–Crippen MR) is 124 cm³/mol. The quantitative estimate of drug-likeness (QED) is 0.547. The average Bonchev–Trinajstić information content (AvgIpc) is 3.20. The van der Waals surface area contributed by atoms with Gasteiger partial charge in [-0.15, -0.1) is 11.3 Å². The van der Waals surface area contributed by atoms with Crippen molar-refractivity contribution in [1.29, 1.82) is 0 Å². The minimum Gasteiger partial charge on any atom is -0.343 e. The third-order valence-electron chi connectivity index (χ3n) is 5.48. The molecular weight excluding hydrogens is 412 g/mol. The lowest BCUT2D eigenvalue weighted by Gasteiger charge is -2.30. The normalized spacial score (nSPS) is 14.7. The molecule has 0 aliphatic carbocycles. The molecule has 156 valence electrons. The van der Waals surface area contributed by atoms with E-state index >= 15 is 0 Å². The molecule has 1 amide bonds. The highest BCUT2D eigenvalue weighted by molar-refractivity contribution is 7.99. The van der Waals surface area contributed by atoms with E-state index in [1.807, 2.05) is 17.2 Å². The summed E-state index contributed by atoms with van der Waals surface area (Å²) in [6.45, 7) is 7.57. The molecule has 0 radical (unpaired) electrons. The number of amides is 1. The van der Waals surface area contributed by atoms with Crippen LogP contribution in [-0.2, 0) is 4.79 Å². The number of rotatable bonds is 5. The van der Waals surface area contributed by atoms with E-state index in [1.54, 1.807) is 30.0 Å². The number of nitrogens with zero attached hydrogens (tertiary/aromatic N) is 3. The Morgan fingerprint density at radius 3 is 2.63 bits per heavy atom. The lowest BCUT2D eigenvalue weighted by molar-refractivity contribution is -0.129. The summed E-state index contributed by atoms with van der Waals surface area (Å²) in [6.07, 6.45) is 3.79. The first kappa shape index (κ1) is 20.9. The number of hydrogen-bond donors (Lipinski definition) is 1. The van der Waals surface area contributed by atoms with Gasteiger partial charge >= 0.3 is 0 Å². The molecule has 0 atom stereocenters. The molecule has 1 aromatic carbocycles. The lowest BCUT2D eigenvalue weighted by atomic mass is 9.94. The van der Waals surface area contributed by atoms with Crippen LogP contribution in [0, 0.1) is 13.8 Å². The minimum atomic E-state index is 0.166. The number of benzene rings is 1. The lowest BCUT2D eigenvalue weighted by Crippen LogP contribution is -2.36. The fourth-order valence-electron chi connectivity index (χ4n) is 3.75. The number of pyridine rings is 1. The van der Waals surface area contributed by atoms with Crippen LogP contribution < -0.4 is 5.32 Å². The van der Waals surface area contributed by atoms with Gasteiger partial charge in [0.1, 0.15) is 5.82 Å². The maximum absolute atomic E-state index is 11.5. The van der Waals surface area contributed by atoms with Gasteiger partial charge in [0.15, 0.2) is 5.13 Å². The van der Waals surface area contributed by atoms with E-state index < -0.39 is 0 Å². The van der Waals surface area contributed by atoms with Gasteiger partial charge in [-0.3, -0.25) is 4.79 Å². The van der Waals surface area contributed by atoms with Gasteiger partial charge in [0.2, 0.25) is 5.91 Å². The van der Waals surface area contributed by atoms with Crippen molar-refractivity contribution < 1.29 is 4.79 Å². The van der Waals surface area contributed by atoms with Crippen molar-refractivity contribution >= 4 is 40.0 Å². The number of carbonyl (C=O) groups excluding carboxylic acids is 1. The van der Waals surface area contributed by atoms with E-state index in [9.17, 15) is 4.79 Å². The molecule has 1 saturated heterocycles. The van der Waals surface area contributed by atoms with E-state index in [0.717, 1.165) is 47.5 Å². The van der Waals surface area contributed by atoms with Crippen LogP contribution in [0.2, 0.25) is 0 Å². The first-order valence-corrected chi connectivity index (χ1v) is 11.9. The highest BCUT2D eigenvalue weighted by atomic mass is 32.2. The van der Waals surface area contributed by atoms with Crippen molar-refractivity contribution in [1.82, 2.24) is 14.9 Å². The molecule has 3 aromatic rings. The maximum atomic E-state index is 11.5. The largest absolute Gasteiger partial charge is 0.343 e. The van der Waals surface area contributed by atoms with Crippen molar-refractivity contribution in [3.05, 3.63) is 58.7 Å². The van der Waals surface area contributed by atoms with E-state index in [-0.39, 0.29) is 5.91 Å². The number of aryl methyl sites for hydroxylation is 2. The molecule has 30 heavy (non-hydrogen) atoms. The standard InChI is InChI=1S/C23H26N4OS2/c1-15-5-4-6-16(2)22(15)30-19-7-10-24-21(13-19)26-23-25-20(14-29-23)18-8-11-27(12-9-18)17(3)28/h4-7,10,13-14,18H,8-9,11-12H2,1-3H3,(H,24,25,26). The first-order chi connectivity index (χ1) is 14.5. The van der Waals surface area contributed by atoms with Crippen molar-refractivity contribution in [2.24, 2.45) is 0 Å². The summed E-state index contributed by atoms with van der Waals surface area (Å²) < 4.78 is 0. The Balaban J connectivity index is 1.42. The Bertz CT molecular complexity index is 1020. The van der Waals surface area contributed by atoms with Crippen molar-refractivity contribution in [3.63, 3.8) is 0 Å². The van der Waals surface area contributed by atoms with Gasteiger partial charge in [-0.2, -0.15) is 0 Å². The molecule has 1 fully saturated rings. The number of anilines is 2. The van der Waals surface area contributed by atoms with Gasteiger partial charge in [0.05, 0.1) is 5.69 Å². The Kier molecular flexibility index (Phi) is 6.39. The van der Waals surface area contributed by atoms with Crippen LogP contribution in [0.5, 0.6) is 0 Å². The Morgan fingerprint density at radius 2 is 1.93 bits per heavy atom. The topological polar surface area (TPSA) is 58.1 Å². The molecule has 2 aromatic heterocycles. The Hall–Kier alpha value is -2.38. The molecular formula is C23H26N4OS2. The number of thiazole rings is 1. The zero-order valence-electron chi connectivity index (χ0n) is 17.5. The average molecular weight is 439 g/mol. The van der Waals surface area contributed by atoms with Crippen LogP contribution in [0.4, 0.5) is 10.9 Å². The molecule has 0 unspecified atom stereocenters. The van der Waals surface area contributed by atoms with Gasteiger partial charge in [0, 0.05) is 47.3 Å². The number of piperidine rings is 1. The second kappa shape index (κ2) is 9.18. The zero-order chi connectivity index (χ0) is 21.1. The molecule has 0 saturated carbocycles. The van der Waals surface area contributed by atoms with E-state index in [1.165, 1.54) is 16.0 Å².